The van der Waals surface area contributed by atoms with Crippen molar-refractivity contribution in [3.05, 3.63) is 223 Å². The van der Waals surface area contributed by atoms with Crippen LogP contribution >= 0.6 is 0 Å². The summed E-state index contributed by atoms with van der Waals surface area (Å²) in [4.78, 5) is 8.57. The molecule has 0 amide bonds. The van der Waals surface area contributed by atoms with E-state index in [-0.39, 0.29) is 0 Å². The van der Waals surface area contributed by atoms with E-state index in [1.165, 1.54) is 126 Å². The molecule has 0 spiro atoms. The van der Waals surface area contributed by atoms with E-state index in [1.807, 2.05) is 24.8 Å². The lowest BCUT2D eigenvalue weighted by atomic mass is 9.79. The molecular weight excluding hydrogens is 749 g/mol. The molecule has 0 aliphatic heterocycles. The largest absolute Gasteiger partial charge is 0.265 e. The average molecular weight is 787 g/mol. The quantitative estimate of drug-likeness (QED) is 0.157. The van der Waals surface area contributed by atoms with Gasteiger partial charge in [-0.3, -0.25) is 9.97 Å². The molecule has 2 heteroatoms. The lowest BCUT2D eigenvalue weighted by Gasteiger charge is -2.24. The monoisotopic (exact) mass is 786 g/mol. The van der Waals surface area contributed by atoms with E-state index in [0.29, 0.717) is 5.92 Å². The molecule has 0 radical (unpaired) electrons. The molecule has 0 fully saturated rings. The van der Waals surface area contributed by atoms with Crippen LogP contribution in [0.25, 0.3) is 116 Å². The lowest BCUT2D eigenvalue weighted by molar-refractivity contribution is 0.850. The summed E-state index contributed by atoms with van der Waals surface area (Å²) in [6.45, 7) is 0. The van der Waals surface area contributed by atoms with E-state index < -0.39 is 0 Å². The first kappa shape index (κ1) is 34.9. The lowest BCUT2D eigenvalue weighted by Crippen LogP contribution is -2.15. The van der Waals surface area contributed by atoms with Crippen LogP contribution in [0.5, 0.6) is 0 Å². The van der Waals surface area contributed by atoms with Crippen molar-refractivity contribution in [2.45, 2.75) is 12.3 Å². The Morgan fingerprint density at radius 1 is 0.339 bits per heavy atom. The molecule has 2 aromatic heterocycles. The fourth-order valence-electron chi connectivity index (χ4n) is 10.6. The average Bonchev–Trinajstić information content (AvgIpc) is 3.35. The van der Waals surface area contributed by atoms with Crippen molar-refractivity contribution in [1.82, 2.24) is 9.97 Å². The molecule has 0 saturated heterocycles. The van der Waals surface area contributed by atoms with E-state index in [1.54, 1.807) is 0 Å². The van der Waals surface area contributed by atoms with Gasteiger partial charge in [-0.05, 0) is 175 Å². The van der Waals surface area contributed by atoms with Gasteiger partial charge < -0.3 is 0 Å². The Morgan fingerprint density at radius 2 is 0.758 bits per heavy atom. The Kier molecular flexibility index (Phi) is 7.77. The van der Waals surface area contributed by atoms with Crippen molar-refractivity contribution in [3.8, 4) is 55.6 Å². The smallest absolute Gasteiger partial charge is 0.0273 e. The van der Waals surface area contributed by atoms with E-state index in [0.717, 1.165) is 6.42 Å². The van der Waals surface area contributed by atoms with E-state index in [4.69, 9.17) is 0 Å². The third-order valence-corrected chi connectivity index (χ3v) is 13.6. The van der Waals surface area contributed by atoms with Crippen molar-refractivity contribution in [1.29, 1.82) is 0 Å². The van der Waals surface area contributed by atoms with Crippen molar-refractivity contribution < 1.29 is 0 Å². The third-order valence-electron chi connectivity index (χ3n) is 13.6. The molecule has 2 nitrogen and oxygen atoms in total. The van der Waals surface area contributed by atoms with Gasteiger partial charge in [-0.1, -0.05) is 146 Å². The molecule has 0 bridgehead atoms. The number of benzene rings is 10. The zero-order valence-electron chi connectivity index (χ0n) is 33.9. The first-order chi connectivity index (χ1) is 30.7. The highest BCUT2D eigenvalue weighted by Gasteiger charge is 2.22. The first-order valence-corrected chi connectivity index (χ1v) is 21.5. The summed E-state index contributed by atoms with van der Waals surface area (Å²) in [5.74, 6) is 0.327. The van der Waals surface area contributed by atoms with Gasteiger partial charge in [-0.25, -0.2) is 0 Å². The summed E-state index contributed by atoms with van der Waals surface area (Å²) in [6, 6.07) is 67.9. The Morgan fingerprint density at radius 3 is 1.31 bits per heavy atom. The second-order valence-corrected chi connectivity index (χ2v) is 16.8. The van der Waals surface area contributed by atoms with Crippen molar-refractivity contribution in [2.75, 3.05) is 0 Å². The first-order valence-electron chi connectivity index (χ1n) is 21.5. The molecule has 1 aliphatic carbocycles. The molecule has 12 aromatic rings. The summed E-state index contributed by atoms with van der Waals surface area (Å²) < 4.78 is 0. The van der Waals surface area contributed by atoms with Crippen LogP contribution in [0.2, 0.25) is 0 Å². The molecule has 288 valence electrons. The zero-order chi connectivity index (χ0) is 40.7. The van der Waals surface area contributed by atoms with Gasteiger partial charge in [0.25, 0.3) is 0 Å². The highest BCUT2D eigenvalue weighted by Crippen LogP contribution is 2.44. The molecule has 10 aromatic carbocycles. The van der Waals surface area contributed by atoms with Gasteiger partial charge in [-0.2, -0.15) is 0 Å². The van der Waals surface area contributed by atoms with Crippen molar-refractivity contribution in [2.24, 2.45) is 0 Å². The molecule has 13 rings (SSSR count). The minimum absolute atomic E-state index is 0.327. The Hall–Kier alpha value is -7.94. The topological polar surface area (TPSA) is 25.8 Å². The summed E-state index contributed by atoms with van der Waals surface area (Å²) in [5, 5.41) is 14.4. The minimum atomic E-state index is 0.327. The van der Waals surface area contributed by atoms with Crippen LogP contribution in [0, 0.1) is 0 Å². The van der Waals surface area contributed by atoms with E-state index in [9.17, 15) is 0 Å². The fraction of sp³-hybridized carbons (Fsp3) is 0.0333. The van der Waals surface area contributed by atoms with Gasteiger partial charge in [-0.15, -0.1) is 0 Å². The highest BCUT2D eigenvalue weighted by atomic mass is 14.6. The Balaban J connectivity index is 0.877. The summed E-state index contributed by atoms with van der Waals surface area (Å²) in [7, 11) is 0. The molecule has 62 heavy (non-hydrogen) atoms. The number of hydrogen-bond donors (Lipinski definition) is 0. The number of hydrogen-bond acceptors (Lipinski definition) is 2. The molecule has 1 atom stereocenters. The Bertz CT molecular complexity index is 3770. The van der Waals surface area contributed by atoms with Crippen LogP contribution in [0.4, 0.5) is 0 Å². The molecule has 0 saturated carbocycles. The number of pyridine rings is 2. The molecule has 1 unspecified atom stereocenters. The van der Waals surface area contributed by atoms with Crippen LogP contribution < -0.4 is 5.22 Å². The SMILES string of the molecule is C1=c2ccc3c(-c4cccc(-c5cccc(-c6cccc(-c7ccc8ccc9c(-c%10ccncc%10)ccc%10ccc7c8c%109)c6)c5)c4)ccc4ccc(c2c43)C(c2ccncc2)C1. The third kappa shape index (κ3) is 5.43. The maximum atomic E-state index is 4.30. The van der Waals surface area contributed by atoms with Gasteiger partial charge in [0.1, 0.15) is 0 Å². The molecule has 0 N–H and O–H groups in total. The van der Waals surface area contributed by atoms with Gasteiger partial charge in [0.2, 0.25) is 0 Å². The van der Waals surface area contributed by atoms with Gasteiger partial charge in [0, 0.05) is 30.7 Å². The second kappa shape index (κ2) is 13.8. The van der Waals surface area contributed by atoms with Gasteiger partial charge >= 0.3 is 0 Å². The Labute approximate surface area is 359 Å². The summed E-state index contributed by atoms with van der Waals surface area (Å²) in [6.07, 6.45) is 11.0. The van der Waals surface area contributed by atoms with Crippen LogP contribution in [0.3, 0.4) is 0 Å². The summed E-state index contributed by atoms with van der Waals surface area (Å²) >= 11 is 0. The minimum Gasteiger partial charge on any atom is -0.265 e. The van der Waals surface area contributed by atoms with Crippen molar-refractivity contribution in [3.63, 3.8) is 0 Å². The molecule has 2 heterocycles. The molecule has 1 aliphatic rings. The van der Waals surface area contributed by atoms with Crippen LogP contribution in [-0.4, -0.2) is 9.97 Å². The number of nitrogens with zero attached hydrogens (tertiary/aromatic N) is 2. The van der Waals surface area contributed by atoms with Crippen LogP contribution in [0.15, 0.2) is 207 Å². The van der Waals surface area contributed by atoms with E-state index in [2.05, 4.69) is 198 Å². The zero-order valence-corrected chi connectivity index (χ0v) is 33.9. The predicted molar refractivity (Wildman–Crippen MR) is 261 cm³/mol. The maximum absolute atomic E-state index is 4.30. The standard InChI is InChI=1S/C60H38N2/c1-4-43(45-6-2-8-47(35-45)51-20-12-41-14-22-53-49(37-26-30-61-31-27-37)18-10-39-16-24-55(51)59(41)57(39)53)34-44(5-1)46-7-3-9-48(36-46)52-21-13-42-15-23-54-50(38-28-32-62-33-29-38)19-11-40-17-25-56(52)60(42)58(40)54/h1-18,20-36,50H,19H2. The van der Waals surface area contributed by atoms with Crippen LogP contribution in [0.1, 0.15) is 23.5 Å². The predicted octanol–water partition coefficient (Wildman–Crippen LogP) is 15.1. The van der Waals surface area contributed by atoms with Gasteiger partial charge in [0.15, 0.2) is 0 Å². The van der Waals surface area contributed by atoms with Crippen LogP contribution in [-0.2, 0) is 0 Å². The summed E-state index contributed by atoms with van der Waals surface area (Å²) in [5.41, 5.74) is 14.9. The normalized spacial score (nSPS) is 13.7. The molecular formula is C60H38N2. The van der Waals surface area contributed by atoms with Gasteiger partial charge in [0.05, 0.1) is 0 Å². The van der Waals surface area contributed by atoms with Crippen molar-refractivity contribution >= 4 is 59.9 Å². The number of aromatic nitrogens is 2. The second-order valence-electron chi connectivity index (χ2n) is 16.8. The fourth-order valence-corrected chi connectivity index (χ4v) is 10.6. The number of rotatable bonds is 6. The highest BCUT2D eigenvalue weighted by molar-refractivity contribution is 6.27. The maximum Gasteiger partial charge on any atom is 0.0273 e. The van der Waals surface area contributed by atoms with E-state index >= 15 is 0 Å².